The lowest BCUT2D eigenvalue weighted by atomic mass is 10.0. The highest BCUT2D eigenvalue weighted by Crippen LogP contribution is 2.22. The molecule has 0 unspecified atom stereocenters. The summed E-state index contributed by atoms with van der Waals surface area (Å²) in [6.45, 7) is 9.91. The fourth-order valence-corrected chi connectivity index (χ4v) is 3.56. The third kappa shape index (κ3) is 4.23. The molecule has 1 aliphatic rings. The van der Waals surface area contributed by atoms with Crippen molar-refractivity contribution in [2.45, 2.75) is 52.6 Å². The van der Waals surface area contributed by atoms with Crippen molar-refractivity contribution in [1.29, 1.82) is 0 Å². The Morgan fingerprint density at radius 2 is 1.85 bits per heavy atom. The van der Waals surface area contributed by atoms with Crippen molar-refractivity contribution in [3.63, 3.8) is 0 Å². The van der Waals surface area contributed by atoms with Gasteiger partial charge in [-0.3, -0.25) is 4.68 Å². The molecule has 0 amide bonds. The van der Waals surface area contributed by atoms with E-state index in [0.717, 1.165) is 56.8 Å². The van der Waals surface area contributed by atoms with E-state index < -0.39 is 11.6 Å². The van der Waals surface area contributed by atoms with E-state index in [1.54, 1.807) is 6.07 Å². The number of hydrogen-bond donors (Lipinski definition) is 1. The Labute approximate surface area is 154 Å². The van der Waals surface area contributed by atoms with Crippen LogP contribution in [-0.4, -0.2) is 35.5 Å². The summed E-state index contributed by atoms with van der Waals surface area (Å²) in [5.41, 5.74) is 4.41. The van der Waals surface area contributed by atoms with E-state index in [1.165, 1.54) is 23.4 Å². The first-order valence-corrected chi connectivity index (χ1v) is 9.39. The van der Waals surface area contributed by atoms with E-state index in [2.05, 4.69) is 40.8 Å². The molecule has 2 heterocycles. The third-order valence-corrected chi connectivity index (χ3v) is 5.49. The Kier molecular flexibility index (Phi) is 5.91. The second-order valence-electron chi connectivity index (χ2n) is 7.19. The van der Waals surface area contributed by atoms with Crippen LogP contribution in [0.25, 0.3) is 0 Å². The van der Waals surface area contributed by atoms with Crippen LogP contribution in [0, 0.1) is 32.4 Å². The lowest BCUT2D eigenvalue weighted by molar-refractivity contribution is 0.403. The summed E-state index contributed by atoms with van der Waals surface area (Å²) >= 11 is 0. The van der Waals surface area contributed by atoms with Crippen LogP contribution in [0.15, 0.2) is 18.2 Å². The van der Waals surface area contributed by atoms with Crippen LogP contribution in [0.4, 0.5) is 14.5 Å². The minimum Gasteiger partial charge on any atom is -0.371 e. The normalized spacial score (nSPS) is 15.7. The van der Waals surface area contributed by atoms with Crippen molar-refractivity contribution >= 4 is 5.69 Å². The highest BCUT2D eigenvalue weighted by Gasteiger charge is 2.19. The van der Waals surface area contributed by atoms with Gasteiger partial charge in [-0.2, -0.15) is 5.10 Å². The molecule has 1 aliphatic heterocycles. The highest BCUT2D eigenvalue weighted by atomic mass is 19.2. The molecule has 0 radical (unpaired) electrons. The third-order valence-electron chi connectivity index (χ3n) is 5.49. The number of anilines is 1. The number of piperidine rings is 1. The number of hydrogen-bond acceptors (Lipinski definition) is 3. The summed E-state index contributed by atoms with van der Waals surface area (Å²) in [6.07, 6.45) is 3.07. The molecule has 1 N–H and O–H groups in total. The Balaban J connectivity index is 1.40. The highest BCUT2D eigenvalue weighted by molar-refractivity contribution is 5.47. The fourth-order valence-electron chi connectivity index (χ4n) is 3.56. The molecular weight excluding hydrogens is 334 g/mol. The smallest absolute Gasteiger partial charge is 0.160 e. The molecule has 1 fully saturated rings. The zero-order valence-corrected chi connectivity index (χ0v) is 15.9. The first kappa shape index (κ1) is 18.8. The first-order valence-electron chi connectivity index (χ1n) is 9.39. The van der Waals surface area contributed by atoms with Gasteiger partial charge in [0.05, 0.1) is 5.69 Å². The van der Waals surface area contributed by atoms with Crippen molar-refractivity contribution < 1.29 is 8.78 Å². The molecule has 0 atom stereocenters. The lowest BCUT2D eigenvalue weighted by Crippen LogP contribution is -2.43. The first-order chi connectivity index (χ1) is 12.5. The van der Waals surface area contributed by atoms with Crippen LogP contribution < -0.4 is 10.2 Å². The van der Waals surface area contributed by atoms with Gasteiger partial charge in [-0.1, -0.05) is 0 Å². The number of nitrogens with zero attached hydrogens (tertiary/aromatic N) is 3. The average molecular weight is 362 g/mol. The molecule has 142 valence electrons. The predicted molar refractivity (Wildman–Crippen MR) is 101 cm³/mol. The molecule has 4 nitrogen and oxygen atoms in total. The Morgan fingerprint density at radius 3 is 2.46 bits per heavy atom. The van der Waals surface area contributed by atoms with E-state index in [4.69, 9.17) is 0 Å². The summed E-state index contributed by atoms with van der Waals surface area (Å²) < 4.78 is 28.5. The maximum absolute atomic E-state index is 13.4. The predicted octanol–water partition coefficient (Wildman–Crippen LogP) is 3.74. The van der Waals surface area contributed by atoms with Crippen LogP contribution in [0.5, 0.6) is 0 Å². The van der Waals surface area contributed by atoms with Gasteiger partial charge in [0.1, 0.15) is 0 Å². The molecule has 1 aromatic heterocycles. The van der Waals surface area contributed by atoms with E-state index >= 15 is 0 Å². The molecule has 0 aliphatic carbocycles. The van der Waals surface area contributed by atoms with Crippen molar-refractivity contribution in [2.75, 3.05) is 24.5 Å². The quantitative estimate of drug-likeness (QED) is 0.795. The van der Waals surface area contributed by atoms with Gasteiger partial charge in [0, 0.05) is 43.1 Å². The maximum atomic E-state index is 13.4. The number of halogens is 2. The monoisotopic (exact) mass is 362 g/mol. The van der Waals surface area contributed by atoms with Gasteiger partial charge >= 0.3 is 0 Å². The molecule has 6 heteroatoms. The summed E-state index contributed by atoms with van der Waals surface area (Å²) in [4.78, 5) is 2.12. The minimum absolute atomic E-state index is 0.485. The van der Waals surface area contributed by atoms with Gasteiger partial charge in [-0.15, -0.1) is 0 Å². The molecule has 26 heavy (non-hydrogen) atoms. The van der Waals surface area contributed by atoms with Crippen LogP contribution in [0.2, 0.25) is 0 Å². The van der Waals surface area contributed by atoms with Gasteiger partial charge in [0.25, 0.3) is 0 Å². The summed E-state index contributed by atoms with van der Waals surface area (Å²) in [7, 11) is 0. The zero-order valence-electron chi connectivity index (χ0n) is 15.9. The summed E-state index contributed by atoms with van der Waals surface area (Å²) in [6, 6.07) is 4.64. The molecule has 1 saturated heterocycles. The van der Waals surface area contributed by atoms with E-state index in [9.17, 15) is 8.78 Å². The molecule has 0 bridgehead atoms. The SMILES string of the molecule is Cc1nn(CCCNC2CCN(c3ccc(F)c(F)c3)CC2)c(C)c1C. The van der Waals surface area contributed by atoms with Gasteiger partial charge in [0.15, 0.2) is 11.6 Å². The molecule has 0 saturated carbocycles. The number of aryl methyl sites for hydroxylation is 2. The lowest BCUT2D eigenvalue weighted by Gasteiger charge is -2.34. The molecule has 1 aromatic carbocycles. The summed E-state index contributed by atoms with van der Waals surface area (Å²) in [5, 5.41) is 8.20. The zero-order chi connectivity index (χ0) is 18.7. The second kappa shape index (κ2) is 8.16. The van der Waals surface area contributed by atoms with Crippen LogP contribution in [-0.2, 0) is 6.54 Å². The van der Waals surface area contributed by atoms with Crippen molar-refractivity contribution in [3.8, 4) is 0 Å². The van der Waals surface area contributed by atoms with Crippen LogP contribution in [0.1, 0.15) is 36.2 Å². The standard InChI is InChI=1S/C20H28F2N4/c1-14-15(2)24-26(16(14)3)10-4-9-23-17-7-11-25(12-8-17)18-5-6-19(21)20(22)13-18/h5-6,13,17,23H,4,7-12H2,1-3H3. The van der Waals surface area contributed by atoms with Crippen molar-refractivity contribution in [1.82, 2.24) is 15.1 Å². The minimum atomic E-state index is -0.789. The fraction of sp³-hybridized carbons (Fsp3) is 0.550. The second-order valence-corrected chi connectivity index (χ2v) is 7.19. The molecule has 3 rings (SSSR count). The molecular formula is C20H28F2N4. The van der Waals surface area contributed by atoms with Crippen molar-refractivity contribution in [3.05, 3.63) is 46.8 Å². The van der Waals surface area contributed by atoms with Crippen molar-refractivity contribution in [2.24, 2.45) is 0 Å². The topological polar surface area (TPSA) is 33.1 Å². The van der Waals surface area contributed by atoms with Gasteiger partial charge in [-0.25, -0.2) is 8.78 Å². The largest absolute Gasteiger partial charge is 0.371 e. The van der Waals surface area contributed by atoms with E-state index in [1.807, 2.05) is 0 Å². The number of benzene rings is 1. The van der Waals surface area contributed by atoms with E-state index in [-0.39, 0.29) is 0 Å². The van der Waals surface area contributed by atoms with Gasteiger partial charge in [0.2, 0.25) is 0 Å². The number of aromatic nitrogens is 2. The number of rotatable bonds is 6. The Hall–Kier alpha value is -1.95. The van der Waals surface area contributed by atoms with Gasteiger partial charge < -0.3 is 10.2 Å². The van der Waals surface area contributed by atoms with Gasteiger partial charge in [-0.05, 0) is 64.3 Å². The molecule has 2 aromatic rings. The average Bonchev–Trinajstić information content (AvgIpc) is 2.88. The number of nitrogens with one attached hydrogen (secondary N) is 1. The Morgan fingerprint density at radius 1 is 1.12 bits per heavy atom. The van der Waals surface area contributed by atoms with Crippen LogP contribution >= 0.6 is 0 Å². The molecule has 0 spiro atoms. The maximum Gasteiger partial charge on any atom is 0.160 e. The summed E-state index contributed by atoms with van der Waals surface area (Å²) in [5.74, 6) is -1.56. The van der Waals surface area contributed by atoms with Crippen LogP contribution in [0.3, 0.4) is 0 Å². The Bertz CT molecular complexity index is 749. The van der Waals surface area contributed by atoms with E-state index in [0.29, 0.717) is 6.04 Å².